The Morgan fingerprint density at radius 3 is 2.43 bits per heavy atom. The summed E-state index contributed by atoms with van der Waals surface area (Å²) in [7, 11) is 0. The maximum Gasteiger partial charge on any atom is 0.338 e. The number of nitrogens with one attached hydrogen (secondary N) is 1. The van der Waals surface area contributed by atoms with E-state index in [-0.39, 0.29) is 5.63 Å². The molecule has 0 saturated carbocycles. The van der Waals surface area contributed by atoms with Gasteiger partial charge in [0.25, 0.3) is 0 Å². The van der Waals surface area contributed by atoms with Crippen molar-refractivity contribution < 1.29 is 4.42 Å². The molecule has 1 N–H and O–H groups in total. The monoisotopic (exact) mass is 377 g/mol. The Morgan fingerprint density at radius 1 is 0.893 bits per heavy atom. The Labute approximate surface area is 165 Å². The second-order valence-corrected chi connectivity index (χ2v) is 7.36. The van der Waals surface area contributed by atoms with Gasteiger partial charge in [-0.05, 0) is 30.7 Å². The molecular weight excluding hydrogens is 350 g/mol. The minimum Gasteiger partial charge on any atom is -0.423 e. The van der Waals surface area contributed by atoms with Crippen LogP contribution in [0.25, 0.3) is 11.0 Å². The van der Waals surface area contributed by atoms with Gasteiger partial charge in [-0.15, -0.1) is 0 Å². The Hall–Kier alpha value is -2.63. The van der Waals surface area contributed by atoms with Crippen molar-refractivity contribution >= 4 is 16.7 Å². The second-order valence-electron chi connectivity index (χ2n) is 7.36. The summed E-state index contributed by atoms with van der Waals surface area (Å²) in [6.07, 6.45) is 1.05. The van der Waals surface area contributed by atoms with Crippen LogP contribution >= 0.6 is 0 Å². The van der Waals surface area contributed by atoms with Crippen molar-refractivity contribution in [2.75, 3.05) is 44.6 Å². The van der Waals surface area contributed by atoms with Crippen LogP contribution in [0.3, 0.4) is 0 Å². The topological polar surface area (TPSA) is 48.7 Å². The summed E-state index contributed by atoms with van der Waals surface area (Å²) in [5, 5.41) is 4.37. The summed E-state index contributed by atoms with van der Waals surface area (Å²) < 4.78 is 5.25. The van der Waals surface area contributed by atoms with Crippen molar-refractivity contribution in [3.8, 4) is 0 Å². The molecule has 1 aromatic heterocycles. The first-order chi connectivity index (χ1) is 13.8. The Bertz CT molecular complexity index is 947. The van der Waals surface area contributed by atoms with E-state index in [4.69, 9.17) is 4.42 Å². The summed E-state index contributed by atoms with van der Waals surface area (Å²) in [6.45, 7) is 7.43. The molecule has 0 radical (unpaired) electrons. The SMILES string of the molecule is O=c1cc(NCCCN2CCN(Cc3ccccc3)CC2)c2ccccc2o1. The standard InChI is InChI=1S/C23H27N3O2/c27-23-17-21(20-9-4-5-10-22(20)28-23)24-11-6-12-25-13-15-26(16-14-25)18-19-7-2-1-3-8-19/h1-5,7-10,17,24H,6,11-16,18H2. The van der Waals surface area contributed by atoms with Gasteiger partial charge in [-0.1, -0.05) is 42.5 Å². The van der Waals surface area contributed by atoms with Crippen molar-refractivity contribution in [1.29, 1.82) is 0 Å². The van der Waals surface area contributed by atoms with Crippen molar-refractivity contribution in [2.45, 2.75) is 13.0 Å². The van der Waals surface area contributed by atoms with Crippen LogP contribution in [-0.2, 0) is 6.54 Å². The van der Waals surface area contributed by atoms with E-state index in [0.717, 1.165) is 63.3 Å². The van der Waals surface area contributed by atoms with E-state index in [9.17, 15) is 4.79 Å². The molecule has 1 aliphatic heterocycles. The van der Waals surface area contributed by atoms with Gasteiger partial charge in [-0.2, -0.15) is 0 Å². The van der Waals surface area contributed by atoms with Gasteiger partial charge in [0.05, 0.1) is 5.69 Å². The third-order valence-electron chi connectivity index (χ3n) is 5.33. The van der Waals surface area contributed by atoms with Crippen LogP contribution in [-0.4, -0.2) is 49.1 Å². The average Bonchev–Trinajstić information content (AvgIpc) is 2.73. The number of hydrogen-bond acceptors (Lipinski definition) is 5. The quantitative estimate of drug-likeness (QED) is 0.505. The number of nitrogens with zero attached hydrogens (tertiary/aromatic N) is 2. The molecule has 28 heavy (non-hydrogen) atoms. The summed E-state index contributed by atoms with van der Waals surface area (Å²) in [5.41, 5.74) is 2.57. The van der Waals surface area contributed by atoms with Gasteiger partial charge in [0, 0.05) is 50.7 Å². The molecule has 1 saturated heterocycles. The molecule has 5 heteroatoms. The van der Waals surface area contributed by atoms with Gasteiger partial charge in [-0.3, -0.25) is 4.90 Å². The number of benzene rings is 2. The fraction of sp³-hybridized carbons (Fsp3) is 0.348. The lowest BCUT2D eigenvalue weighted by atomic mass is 10.2. The predicted octanol–water partition coefficient (Wildman–Crippen LogP) is 3.41. The molecule has 5 nitrogen and oxygen atoms in total. The first-order valence-corrected chi connectivity index (χ1v) is 10.0. The maximum absolute atomic E-state index is 11.7. The molecule has 0 spiro atoms. The van der Waals surface area contributed by atoms with E-state index in [1.54, 1.807) is 6.07 Å². The van der Waals surface area contributed by atoms with Crippen LogP contribution < -0.4 is 10.9 Å². The normalized spacial score (nSPS) is 15.7. The van der Waals surface area contributed by atoms with E-state index < -0.39 is 0 Å². The van der Waals surface area contributed by atoms with Crippen LogP contribution in [0.2, 0.25) is 0 Å². The Balaban J connectivity index is 1.21. The molecule has 3 aromatic rings. The van der Waals surface area contributed by atoms with Gasteiger partial charge >= 0.3 is 5.63 Å². The predicted molar refractivity (Wildman–Crippen MR) is 114 cm³/mol. The summed E-state index contributed by atoms with van der Waals surface area (Å²) in [4.78, 5) is 16.8. The number of piperazine rings is 1. The lowest BCUT2D eigenvalue weighted by Crippen LogP contribution is -2.46. The molecule has 0 bridgehead atoms. The van der Waals surface area contributed by atoms with Gasteiger partial charge in [-0.25, -0.2) is 4.79 Å². The number of fused-ring (bicyclic) bond motifs is 1. The first-order valence-electron chi connectivity index (χ1n) is 10.0. The molecule has 0 amide bonds. The minimum absolute atomic E-state index is 0.310. The molecule has 2 aromatic carbocycles. The number of para-hydroxylation sites is 1. The third kappa shape index (κ3) is 4.80. The van der Waals surface area contributed by atoms with Crippen LogP contribution in [0.15, 0.2) is 69.9 Å². The van der Waals surface area contributed by atoms with Gasteiger partial charge in [0.1, 0.15) is 5.58 Å². The molecule has 1 fully saturated rings. The van der Waals surface area contributed by atoms with Gasteiger partial charge < -0.3 is 14.6 Å². The second kappa shape index (κ2) is 9.04. The molecule has 4 rings (SSSR count). The molecule has 2 heterocycles. The lowest BCUT2D eigenvalue weighted by molar-refractivity contribution is 0.127. The maximum atomic E-state index is 11.7. The highest BCUT2D eigenvalue weighted by atomic mass is 16.4. The Kier molecular flexibility index (Phi) is 6.04. The summed E-state index contributed by atoms with van der Waals surface area (Å²) in [6, 6.07) is 19.9. The minimum atomic E-state index is -0.310. The highest BCUT2D eigenvalue weighted by Gasteiger charge is 2.16. The van der Waals surface area contributed by atoms with Gasteiger partial charge in [0.2, 0.25) is 0 Å². The average molecular weight is 377 g/mol. The van der Waals surface area contributed by atoms with Crippen molar-refractivity contribution in [3.05, 3.63) is 76.6 Å². The van der Waals surface area contributed by atoms with Crippen molar-refractivity contribution in [3.63, 3.8) is 0 Å². The smallest absolute Gasteiger partial charge is 0.338 e. The van der Waals surface area contributed by atoms with Crippen LogP contribution in [0, 0.1) is 0 Å². The molecule has 0 aliphatic carbocycles. The zero-order valence-corrected chi connectivity index (χ0v) is 16.1. The molecule has 0 unspecified atom stereocenters. The van der Waals surface area contributed by atoms with Crippen LogP contribution in [0.5, 0.6) is 0 Å². The number of rotatable bonds is 7. The van der Waals surface area contributed by atoms with Crippen molar-refractivity contribution in [1.82, 2.24) is 9.80 Å². The molecule has 1 aliphatic rings. The first kappa shape index (κ1) is 18.7. The molecular formula is C23H27N3O2. The zero-order chi connectivity index (χ0) is 19.2. The molecule has 0 atom stereocenters. The Morgan fingerprint density at radius 2 is 1.61 bits per heavy atom. The zero-order valence-electron chi connectivity index (χ0n) is 16.1. The van der Waals surface area contributed by atoms with Crippen molar-refractivity contribution in [2.24, 2.45) is 0 Å². The van der Waals surface area contributed by atoms with E-state index in [1.807, 2.05) is 24.3 Å². The van der Waals surface area contributed by atoms with E-state index in [0.29, 0.717) is 5.58 Å². The highest BCUT2D eigenvalue weighted by molar-refractivity contribution is 5.89. The summed E-state index contributed by atoms with van der Waals surface area (Å²) >= 11 is 0. The molecule has 146 valence electrons. The lowest BCUT2D eigenvalue weighted by Gasteiger charge is -2.34. The van der Waals surface area contributed by atoms with E-state index in [1.165, 1.54) is 5.56 Å². The van der Waals surface area contributed by atoms with Gasteiger partial charge in [0.15, 0.2) is 0 Å². The fourth-order valence-corrected chi connectivity index (χ4v) is 3.80. The summed E-state index contributed by atoms with van der Waals surface area (Å²) in [5.74, 6) is 0. The van der Waals surface area contributed by atoms with Crippen LogP contribution in [0.4, 0.5) is 5.69 Å². The number of anilines is 1. The van der Waals surface area contributed by atoms with E-state index in [2.05, 4.69) is 45.4 Å². The van der Waals surface area contributed by atoms with E-state index >= 15 is 0 Å². The largest absolute Gasteiger partial charge is 0.423 e. The number of hydrogen-bond donors (Lipinski definition) is 1. The fourth-order valence-electron chi connectivity index (χ4n) is 3.80. The third-order valence-corrected chi connectivity index (χ3v) is 5.33. The highest BCUT2D eigenvalue weighted by Crippen LogP contribution is 2.20. The van der Waals surface area contributed by atoms with Crippen LogP contribution in [0.1, 0.15) is 12.0 Å².